The Hall–Kier alpha value is -0.700. The molecule has 0 radical (unpaired) electrons. The molecule has 0 heterocycles. The third kappa shape index (κ3) is 2.25. The van der Waals surface area contributed by atoms with E-state index in [-0.39, 0.29) is 5.41 Å². The molecule has 1 aliphatic rings. The fourth-order valence-electron chi connectivity index (χ4n) is 2.85. The van der Waals surface area contributed by atoms with Crippen molar-refractivity contribution >= 4 is 15.9 Å². The summed E-state index contributed by atoms with van der Waals surface area (Å²) in [6, 6.07) is 7.86. The third-order valence-electron chi connectivity index (χ3n) is 4.32. The summed E-state index contributed by atoms with van der Waals surface area (Å²) >= 11 is 3.78. The number of benzene rings is 1. The Morgan fingerprint density at radius 3 is 2.50 bits per heavy atom. The zero-order valence-corrected chi connectivity index (χ0v) is 12.9. The molecule has 1 fully saturated rings. The normalized spacial score (nSPS) is 25.3. The van der Waals surface area contributed by atoms with E-state index in [0.29, 0.717) is 10.9 Å². The molecule has 1 aliphatic carbocycles. The van der Waals surface area contributed by atoms with Gasteiger partial charge >= 0.3 is 0 Å². The predicted octanol–water partition coefficient (Wildman–Crippen LogP) is 4.42. The fraction of sp³-hybridized carbons (Fsp3) is 0.600. The quantitative estimate of drug-likeness (QED) is 0.749. The number of methoxy groups -OCH3 is 1. The van der Waals surface area contributed by atoms with Crippen molar-refractivity contribution in [2.45, 2.75) is 44.0 Å². The highest BCUT2D eigenvalue weighted by Crippen LogP contribution is 2.52. The molecule has 2 atom stereocenters. The van der Waals surface area contributed by atoms with Gasteiger partial charge in [0, 0.05) is 16.3 Å². The molecule has 1 aromatic carbocycles. The summed E-state index contributed by atoms with van der Waals surface area (Å²) in [6.45, 7) is 4.50. The molecule has 0 amide bonds. The summed E-state index contributed by atoms with van der Waals surface area (Å²) in [5, 5.41) is 0. The van der Waals surface area contributed by atoms with E-state index in [2.05, 4.69) is 29.8 Å². The van der Waals surface area contributed by atoms with Crippen LogP contribution in [0.2, 0.25) is 0 Å². The molecule has 0 saturated heterocycles. The second-order valence-corrected chi connectivity index (χ2v) is 6.03. The van der Waals surface area contributed by atoms with E-state index in [4.69, 9.17) is 9.47 Å². The number of hydrogen-bond donors (Lipinski definition) is 0. The predicted molar refractivity (Wildman–Crippen MR) is 77.8 cm³/mol. The van der Waals surface area contributed by atoms with Gasteiger partial charge in [0.1, 0.15) is 17.6 Å². The minimum atomic E-state index is 0.281. The minimum Gasteiger partial charge on any atom is -0.497 e. The second-order valence-electron chi connectivity index (χ2n) is 4.93. The fourth-order valence-corrected chi connectivity index (χ4v) is 4.13. The lowest BCUT2D eigenvalue weighted by Gasteiger charge is -2.52. The number of halogens is 1. The van der Waals surface area contributed by atoms with Crippen LogP contribution in [0.3, 0.4) is 0 Å². The number of alkyl halides is 1. The average molecular weight is 313 g/mol. The molecule has 100 valence electrons. The molecule has 0 N–H and O–H groups in total. The zero-order chi connectivity index (χ0) is 13.2. The van der Waals surface area contributed by atoms with E-state index in [0.717, 1.165) is 30.8 Å². The van der Waals surface area contributed by atoms with Gasteiger partial charge in [0.2, 0.25) is 0 Å². The van der Waals surface area contributed by atoms with Gasteiger partial charge in [0.25, 0.3) is 0 Å². The SMILES string of the molecule is CCC1(CC)C(Br)CC1Oc1cccc(OC)c1. The van der Waals surface area contributed by atoms with Crippen LogP contribution in [0.4, 0.5) is 0 Å². The lowest BCUT2D eigenvalue weighted by molar-refractivity contribution is -0.0411. The monoisotopic (exact) mass is 312 g/mol. The number of rotatable bonds is 5. The Kier molecular flexibility index (Phi) is 4.21. The van der Waals surface area contributed by atoms with Crippen LogP contribution in [0.5, 0.6) is 11.5 Å². The molecule has 0 spiro atoms. The van der Waals surface area contributed by atoms with Gasteiger partial charge in [-0.15, -0.1) is 0 Å². The molecular formula is C15H21BrO2. The molecule has 1 saturated carbocycles. The van der Waals surface area contributed by atoms with Crippen LogP contribution < -0.4 is 9.47 Å². The summed E-state index contributed by atoms with van der Waals surface area (Å²) in [5.41, 5.74) is 0.281. The maximum atomic E-state index is 6.15. The number of ether oxygens (including phenoxy) is 2. The lowest BCUT2D eigenvalue weighted by Crippen LogP contribution is -2.56. The van der Waals surface area contributed by atoms with Crippen LogP contribution in [0.1, 0.15) is 33.1 Å². The summed E-state index contributed by atoms with van der Waals surface area (Å²) in [4.78, 5) is 0.579. The average Bonchev–Trinajstić information content (AvgIpc) is 2.40. The Balaban J connectivity index is 2.10. The molecule has 2 nitrogen and oxygen atoms in total. The summed E-state index contributed by atoms with van der Waals surface area (Å²) in [7, 11) is 1.68. The molecule has 18 heavy (non-hydrogen) atoms. The van der Waals surface area contributed by atoms with Gasteiger partial charge in [-0.1, -0.05) is 35.8 Å². The first-order chi connectivity index (χ1) is 8.66. The maximum Gasteiger partial charge on any atom is 0.123 e. The first-order valence-electron chi connectivity index (χ1n) is 6.61. The van der Waals surface area contributed by atoms with Crippen molar-refractivity contribution in [2.24, 2.45) is 5.41 Å². The highest BCUT2D eigenvalue weighted by molar-refractivity contribution is 9.09. The molecule has 0 bridgehead atoms. The molecule has 0 aliphatic heterocycles. The summed E-state index contributed by atoms with van der Waals surface area (Å²) in [5.74, 6) is 1.76. The Labute approximate surface area is 118 Å². The Morgan fingerprint density at radius 2 is 1.94 bits per heavy atom. The highest BCUT2D eigenvalue weighted by Gasteiger charge is 2.53. The van der Waals surface area contributed by atoms with Crippen molar-refractivity contribution in [3.8, 4) is 11.5 Å². The van der Waals surface area contributed by atoms with Crippen molar-refractivity contribution < 1.29 is 9.47 Å². The van der Waals surface area contributed by atoms with Crippen LogP contribution in [0.25, 0.3) is 0 Å². The first-order valence-corrected chi connectivity index (χ1v) is 7.52. The van der Waals surface area contributed by atoms with Gasteiger partial charge < -0.3 is 9.47 Å². The Morgan fingerprint density at radius 1 is 1.28 bits per heavy atom. The van der Waals surface area contributed by atoms with Gasteiger partial charge in [0.15, 0.2) is 0 Å². The van der Waals surface area contributed by atoms with Gasteiger partial charge in [0.05, 0.1) is 7.11 Å². The van der Waals surface area contributed by atoms with Gasteiger partial charge in [-0.2, -0.15) is 0 Å². The van der Waals surface area contributed by atoms with Crippen molar-refractivity contribution in [2.75, 3.05) is 7.11 Å². The van der Waals surface area contributed by atoms with E-state index in [1.807, 2.05) is 24.3 Å². The van der Waals surface area contributed by atoms with Gasteiger partial charge in [-0.3, -0.25) is 0 Å². The highest BCUT2D eigenvalue weighted by atomic mass is 79.9. The van der Waals surface area contributed by atoms with E-state index >= 15 is 0 Å². The van der Waals surface area contributed by atoms with E-state index in [9.17, 15) is 0 Å². The zero-order valence-electron chi connectivity index (χ0n) is 11.3. The largest absolute Gasteiger partial charge is 0.497 e. The van der Waals surface area contributed by atoms with Crippen LogP contribution in [-0.2, 0) is 0 Å². The van der Waals surface area contributed by atoms with Crippen molar-refractivity contribution in [3.63, 3.8) is 0 Å². The van der Waals surface area contributed by atoms with E-state index in [1.54, 1.807) is 7.11 Å². The molecule has 2 unspecified atom stereocenters. The van der Waals surface area contributed by atoms with Crippen LogP contribution in [-0.4, -0.2) is 18.0 Å². The third-order valence-corrected chi connectivity index (χ3v) is 5.61. The van der Waals surface area contributed by atoms with Crippen molar-refractivity contribution in [3.05, 3.63) is 24.3 Å². The molecule has 0 aromatic heterocycles. The van der Waals surface area contributed by atoms with Crippen molar-refractivity contribution in [1.29, 1.82) is 0 Å². The second kappa shape index (κ2) is 5.52. The molecular weight excluding hydrogens is 292 g/mol. The van der Waals surface area contributed by atoms with Crippen LogP contribution in [0.15, 0.2) is 24.3 Å². The lowest BCUT2D eigenvalue weighted by atomic mass is 9.62. The minimum absolute atomic E-state index is 0.281. The smallest absolute Gasteiger partial charge is 0.123 e. The maximum absolute atomic E-state index is 6.15. The van der Waals surface area contributed by atoms with E-state index in [1.165, 1.54) is 0 Å². The van der Waals surface area contributed by atoms with Gasteiger partial charge in [-0.05, 0) is 31.4 Å². The van der Waals surface area contributed by atoms with Gasteiger partial charge in [-0.25, -0.2) is 0 Å². The van der Waals surface area contributed by atoms with E-state index < -0.39 is 0 Å². The topological polar surface area (TPSA) is 18.5 Å². The molecule has 3 heteroatoms. The first kappa shape index (κ1) is 13.7. The summed E-state index contributed by atoms with van der Waals surface area (Å²) < 4.78 is 11.4. The number of hydrogen-bond acceptors (Lipinski definition) is 2. The molecule has 1 aromatic rings. The van der Waals surface area contributed by atoms with Crippen molar-refractivity contribution in [1.82, 2.24) is 0 Å². The molecule has 2 rings (SSSR count). The van der Waals surface area contributed by atoms with Crippen LogP contribution in [0, 0.1) is 5.41 Å². The standard InChI is InChI=1S/C15H21BrO2/c1-4-15(5-2)13(16)10-14(15)18-12-8-6-7-11(9-12)17-3/h6-9,13-14H,4-5,10H2,1-3H3. The Bertz CT molecular complexity index is 401. The summed E-state index contributed by atoms with van der Waals surface area (Å²) in [6.07, 6.45) is 3.69. The van der Waals surface area contributed by atoms with Crippen LogP contribution >= 0.6 is 15.9 Å².